The Labute approximate surface area is 140 Å². The molecule has 1 aromatic carbocycles. The molecule has 1 aromatic heterocycles. The summed E-state index contributed by atoms with van der Waals surface area (Å²) in [6.45, 7) is 1.91. The molecule has 2 aromatic rings. The van der Waals surface area contributed by atoms with Crippen LogP contribution in [0.25, 0.3) is 11.0 Å². The normalized spacial score (nSPS) is 34.1. The maximum atomic E-state index is 13.5. The number of carbonyl (C=O) groups excluding carboxylic acids is 1. The van der Waals surface area contributed by atoms with Crippen molar-refractivity contribution < 1.29 is 4.79 Å². The van der Waals surface area contributed by atoms with E-state index in [0.29, 0.717) is 34.5 Å². The number of rotatable bonds is 1. The minimum Gasteiger partial charge on any atom is -0.398 e. The zero-order valence-electron chi connectivity index (χ0n) is 14.0. The molecule has 0 atom stereocenters. The molecule has 0 saturated heterocycles. The molecule has 5 nitrogen and oxygen atoms in total. The van der Waals surface area contributed by atoms with E-state index in [1.165, 1.54) is 23.8 Å². The molecule has 126 valence electrons. The molecular weight excluding hydrogens is 302 g/mol. The maximum Gasteiger partial charge on any atom is 0.333 e. The SMILES string of the molecule is Cc1cc2c(cc1N)[nH]c(=O)n2C(=O)C12CC3CC(CC(C3)C1)C2. The monoisotopic (exact) mass is 325 g/mol. The van der Waals surface area contributed by atoms with Gasteiger partial charge in [-0.3, -0.25) is 4.79 Å². The van der Waals surface area contributed by atoms with Gasteiger partial charge in [-0.25, -0.2) is 9.36 Å². The summed E-state index contributed by atoms with van der Waals surface area (Å²) in [4.78, 5) is 28.9. The smallest absolute Gasteiger partial charge is 0.333 e. The van der Waals surface area contributed by atoms with E-state index in [2.05, 4.69) is 4.98 Å². The van der Waals surface area contributed by atoms with Crippen molar-refractivity contribution in [3.63, 3.8) is 0 Å². The van der Waals surface area contributed by atoms with Gasteiger partial charge in [-0.1, -0.05) is 0 Å². The van der Waals surface area contributed by atoms with Crippen LogP contribution in [0.1, 0.15) is 48.9 Å². The Morgan fingerprint density at radius 1 is 1.17 bits per heavy atom. The predicted octanol–water partition coefficient (Wildman–Crippen LogP) is 3.08. The first-order valence-electron chi connectivity index (χ1n) is 9.01. The minimum absolute atomic E-state index is 0.0158. The van der Waals surface area contributed by atoms with Gasteiger partial charge in [0.25, 0.3) is 0 Å². The quantitative estimate of drug-likeness (QED) is 0.791. The lowest BCUT2D eigenvalue weighted by Crippen LogP contribution is -2.52. The number of aromatic nitrogens is 2. The van der Waals surface area contributed by atoms with E-state index >= 15 is 0 Å². The second-order valence-electron chi connectivity index (χ2n) is 8.49. The van der Waals surface area contributed by atoms with Crippen LogP contribution >= 0.6 is 0 Å². The number of nitrogen functional groups attached to an aromatic ring is 1. The second kappa shape index (κ2) is 4.52. The molecule has 5 heteroatoms. The van der Waals surface area contributed by atoms with E-state index in [9.17, 15) is 9.59 Å². The summed E-state index contributed by atoms with van der Waals surface area (Å²) in [7, 11) is 0. The van der Waals surface area contributed by atoms with Crippen molar-refractivity contribution in [2.45, 2.75) is 45.4 Å². The maximum absolute atomic E-state index is 13.5. The number of fused-ring (bicyclic) bond motifs is 1. The molecule has 24 heavy (non-hydrogen) atoms. The number of hydrogen-bond donors (Lipinski definition) is 2. The Bertz CT molecular complexity index is 885. The highest BCUT2D eigenvalue weighted by Gasteiger charge is 2.55. The third kappa shape index (κ3) is 1.81. The zero-order valence-corrected chi connectivity index (χ0v) is 14.0. The van der Waals surface area contributed by atoms with Gasteiger partial charge >= 0.3 is 5.69 Å². The molecule has 0 amide bonds. The lowest BCUT2D eigenvalue weighted by atomic mass is 9.49. The van der Waals surface area contributed by atoms with Crippen molar-refractivity contribution in [3.8, 4) is 0 Å². The number of nitrogens with zero attached hydrogens (tertiary/aromatic N) is 1. The van der Waals surface area contributed by atoms with Crippen LogP contribution in [0.4, 0.5) is 5.69 Å². The number of benzene rings is 1. The van der Waals surface area contributed by atoms with E-state index in [-0.39, 0.29) is 17.0 Å². The first kappa shape index (κ1) is 14.3. The van der Waals surface area contributed by atoms with Crippen molar-refractivity contribution in [2.75, 3.05) is 5.73 Å². The zero-order chi connectivity index (χ0) is 16.6. The molecule has 1 heterocycles. The Morgan fingerprint density at radius 3 is 2.33 bits per heavy atom. The average Bonchev–Trinajstić information content (AvgIpc) is 2.80. The summed E-state index contributed by atoms with van der Waals surface area (Å²) in [6.07, 6.45) is 6.74. The summed E-state index contributed by atoms with van der Waals surface area (Å²) in [5.74, 6) is 2.05. The second-order valence-corrected chi connectivity index (χ2v) is 8.49. The van der Waals surface area contributed by atoms with Gasteiger partial charge in [0.1, 0.15) is 0 Å². The summed E-state index contributed by atoms with van der Waals surface area (Å²) < 4.78 is 1.40. The molecule has 0 aliphatic heterocycles. The van der Waals surface area contributed by atoms with Gasteiger partial charge in [-0.2, -0.15) is 0 Å². The predicted molar refractivity (Wildman–Crippen MR) is 92.9 cm³/mol. The molecule has 4 aliphatic carbocycles. The average molecular weight is 325 g/mol. The number of imidazole rings is 1. The highest BCUT2D eigenvalue weighted by Crippen LogP contribution is 2.60. The Kier molecular flexibility index (Phi) is 2.70. The Hall–Kier alpha value is -2.04. The number of nitrogens with two attached hydrogens (primary N) is 1. The van der Waals surface area contributed by atoms with Crippen molar-refractivity contribution in [1.82, 2.24) is 9.55 Å². The van der Waals surface area contributed by atoms with Crippen LogP contribution in [-0.4, -0.2) is 15.5 Å². The molecule has 3 N–H and O–H groups in total. The topological polar surface area (TPSA) is 80.9 Å². The van der Waals surface area contributed by atoms with Gasteiger partial charge in [-0.15, -0.1) is 0 Å². The standard InChI is InChI=1S/C19H23N3O2/c1-10-2-16-15(6-14(10)20)21-18(24)22(16)17(23)19-7-11-3-12(8-19)5-13(4-11)9-19/h2,6,11-13H,3-5,7-9,20H2,1H3,(H,21,24). The third-order valence-corrected chi connectivity index (χ3v) is 6.76. The van der Waals surface area contributed by atoms with Crippen molar-refractivity contribution in [1.29, 1.82) is 0 Å². The van der Waals surface area contributed by atoms with Crippen LogP contribution in [0.2, 0.25) is 0 Å². The fraction of sp³-hybridized carbons (Fsp3) is 0.579. The van der Waals surface area contributed by atoms with Gasteiger partial charge in [-0.05, 0) is 80.9 Å². The first-order valence-corrected chi connectivity index (χ1v) is 9.01. The van der Waals surface area contributed by atoms with E-state index in [4.69, 9.17) is 5.73 Å². The van der Waals surface area contributed by atoms with Gasteiger partial charge in [0.2, 0.25) is 5.91 Å². The molecule has 4 aliphatic rings. The lowest BCUT2D eigenvalue weighted by Gasteiger charge is -2.55. The number of nitrogens with one attached hydrogen (secondary N) is 1. The first-order chi connectivity index (χ1) is 11.4. The van der Waals surface area contributed by atoms with Gasteiger partial charge in [0, 0.05) is 5.69 Å². The van der Waals surface area contributed by atoms with Crippen LogP contribution in [0, 0.1) is 30.1 Å². The molecule has 4 saturated carbocycles. The van der Waals surface area contributed by atoms with Crippen LogP contribution < -0.4 is 11.4 Å². The van der Waals surface area contributed by atoms with Gasteiger partial charge in [0.15, 0.2) is 0 Å². The minimum atomic E-state index is -0.323. The molecule has 6 rings (SSSR count). The number of aryl methyl sites for hydroxylation is 1. The Balaban J connectivity index is 1.65. The number of hydrogen-bond acceptors (Lipinski definition) is 3. The van der Waals surface area contributed by atoms with Crippen LogP contribution in [0.15, 0.2) is 16.9 Å². The molecule has 4 fully saturated rings. The lowest BCUT2D eigenvalue weighted by molar-refractivity contribution is -0.0400. The summed E-state index contributed by atoms with van der Waals surface area (Å²) in [6, 6.07) is 3.62. The molecular formula is C19H23N3O2. The highest BCUT2D eigenvalue weighted by molar-refractivity contribution is 5.95. The summed E-state index contributed by atoms with van der Waals surface area (Å²) in [5.41, 5.74) is 8.17. The number of carbonyl (C=O) groups is 1. The molecule has 4 bridgehead atoms. The van der Waals surface area contributed by atoms with Crippen molar-refractivity contribution in [3.05, 3.63) is 28.2 Å². The van der Waals surface area contributed by atoms with Crippen LogP contribution in [0.5, 0.6) is 0 Å². The highest BCUT2D eigenvalue weighted by atomic mass is 16.2. The van der Waals surface area contributed by atoms with E-state index in [0.717, 1.165) is 24.8 Å². The van der Waals surface area contributed by atoms with E-state index in [1.54, 1.807) is 6.07 Å². The van der Waals surface area contributed by atoms with Crippen molar-refractivity contribution in [2.24, 2.45) is 23.2 Å². The molecule has 0 radical (unpaired) electrons. The number of H-pyrrole nitrogens is 1. The molecule has 0 unspecified atom stereocenters. The molecule has 0 spiro atoms. The fourth-order valence-electron chi connectivity index (χ4n) is 6.09. The van der Waals surface area contributed by atoms with Crippen LogP contribution in [0.3, 0.4) is 0 Å². The van der Waals surface area contributed by atoms with Crippen molar-refractivity contribution >= 4 is 22.6 Å². The fourth-order valence-corrected chi connectivity index (χ4v) is 6.09. The van der Waals surface area contributed by atoms with Crippen LogP contribution in [-0.2, 0) is 0 Å². The Morgan fingerprint density at radius 2 is 1.75 bits per heavy atom. The van der Waals surface area contributed by atoms with E-state index in [1.807, 2.05) is 13.0 Å². The summed E-state index contributed by atoms with van der Waals surface area (Å²) >= 11 is 0. The van der Waals surface area contributed by atoms with Gasteiger partial charge in [0.05, 0.1) is 16.4 Å². The van der Waals surface area contributed by atoms with E-state index < -0.39 is 0 Å². The number of anilines is 1. The van der Waals surface area contributed by atoms with Gasteiger partial charge < -0.3 is 10.7 Å². The third-order valence-electron chi connectivity index (χ3n) is 6.76. The largest absolute Gasteiger partial charge is 0.398 e. The number of aromatic amines is 1. The summed E-state index contributed by atoms with van der Waals surface area (Å²) in [5, 5.41) is 0.